The zero-order valence-corrected chi connectivity index (χ0v) is 9.25. The van der Waals surface area contributed by atoms with Crippen LogP contribution in [0.25, 0.3) is 0 Å². The number of alkyl halides is 2. The standard InChI is InChI=1S/C10H17F2NO3/c1-7-8(2-5-16-7)13-10(14)3-4-15-6-9(11)12/h7-9H,2-6H2,1H3,(H,13,14)/t7-,8+/m1/s1. The lowest BCUT2D eigenvalue weighted by Crippen LogP contribution is -2.39. The maximum absolute atomic E-state index is 11.7. The minimum Gasteiger partial charge on any atom is -0.376 e. The lowest BCUT2D eigenvalue weighted by atomic mass is 10.1. The van der Waals surface area contributed by atoms with E-state index in [9.17, 15) is 13.6 Å². The molecule has 1 N–H and O–H groups in total. The molecule has 0 radical (unpaired) electrons. The SMILES string of the molecule is C[C@H]1OCC[C@@H]1NC(=O)CCOCC(F)F. The molecule has 0 aromatic carbocycles. The molecule has 0 unspecified atom stereocenters. The summed E-state index contributed by atoms with van der Waals surface area (Å²) in [6, 6.07) is 0.0302. The van der Waals surface area contributed by atoms with Gasteiger partial charge in [-0.25, -0.2) is 8.78 Å². The van der Waals surface area contributed by atoms with E-state index in [0.29, 0.717) is 6.61 Å². The first-order valence-electron chi connectivity index (χ1n) is 5.36. The molecule has 0 aromatic rings. The molecule has 1 heterocycles. The first-order valence-corrected chi connectivity index (χ1v) is 5.36. The Hall–Kier alpha value is -0.750. The van der Waals surface area contributed by atoms with Crippen molar-refractivity contribution in [3.8, 4) is 0 Å². The molecule has 4 nitrogen and oxygen atoms in total. The quantitative estimate of drug-likeness (QED) is 0.700. The number of halogens is 2. The van der Waals surface area contributed by atoms with Crippen molar-refractivity contribution < 1.29 is 23.0 Å². The molecular weight excluding hydrogens is 220 g/mol. The second-order valence-corrected chi connectivity index (χ2v) is 3.75. The van der Waals surface area contributed by atoms with Gasteiger partial charge in [-0.15, -0.1) is 0 Å². The van der Waals surface area contributed by atoms with Gasteiger partial charge < -0.3 is 14.8 Å². The highest BCUT2D eigenvalue weighted by atomic mass is 19.3. The fourth-order valence-electron chi connectivity index (χ4n) is 1.54. The third-order valence-electron chi connectivity index (χ3n) is 2.44. The molecule has 1 saturated heterocycles. The molecule has 0 spiro atoms. The number of rotatable bonds is 6. The summed E-state index contributed by atoms with van der Waals surface area (Å²) >= 11 is 0. The molecule has 1 aliphatic rings. The summed E-state index contributed by atoms with van der Waals surface area (Å²) in [7, 11) is 0. The zero-order valence-electron chi connectivity index (χ0n) is 9.25. The molecule has 1 fully saturated rings. The average molecular weight is 237 g/mol. The number of hydrogen-bond acceptors (Lipinski definition) is 3. The fraction of sp³-hybridized carbons (Fsp3) is 0.900. The molecule has 1 aliphatic heterocycles. The lowest BCUT2D eigenvalue weighted by molar-refractivity contribution is -0.123. The molecule has 94 valence electrons. The number of nitrogens with one attached hydrogen (secondary N) is 1. The van der Waals surface area contributed by atoms with Gasteiger partial charge in [0.1, 0.15) is 6.61 Å². The number of hydrogen-bond donors (Lipinski definition) is 1. The van der Waals surface area contributed by atoms with E-state index in [-0.39, 0.29) is 31.1 Å². The van der Waals surface area contributed by atoms with E-state index in [1.54, 1.807) is 0 Å². The van der Waals surface area contributed by atoms with Crippen molar-refractivity contribution in [2.45, 2.75) is 38.3 Å². The monoisotopic (exact) mass is 237 g/mol. The molecule has 0 aliphatic carbocycles. The van der Waals surface area contributed by atoms with Crippen LogP contribution in [0.5, 0.6) is 0 Å². The predicted molar refractivity (Wildman–Crippen MR) is 53.4 cm³/mol. The number of carbonyl (C=O) groups excluding carboxylic acids is 1. The normalized spacial score (nSPS) is 25.0. The van der Waals surface area contributed by atoms with Crippen molar-refractivity contribution in [3.05, 3.63) is 0 Å². The molecule has 16 heavy (non-hydrogen) atoms. The largest absolute Gasteiger partial charge is 0.376 e. The van der Waals surface area contributed by atoms with Crippen molar-refractivity contribution in [1.82, 2.24) is 5.32 Å². The molecule has 0 aromatic heterocycles. The first-order chi connectivity index (χ1) is 7.59. The van der Waals surface area contributed by atoms with Crippen LogP contribution < -0.4 is 5.32 Å². The van der Waals surface area contributed by atoms with Crippen LogP contribution in [0.15, 0.2) is 0 Å². The summed E-state index contributed by atoms with van der Waals surface area (Å²) in [5.74, 6) is -0.184. The molecule has 1 amide bonds. The van der Waals surface area contributed by atoms with Crippen LogP contribution in [0.1, 0.15) is 19.8 Å². The Kier molecular flexibility index (Phi) is 5.62. The number of ether oxygens (including phenoxy) is 2. The molecule has 2 atom stereocenters. The van der Waals surface area contributed by atoms with E-state index < -0.39 is 13.0 Å². The Labute approximate surface area is 93.3 Å². The van der Waals surface area contributed by atoms with Crippen LogP contribution in [0, 0.1) is 0 Å². The molecular formula is C10H17F2NO3. The molecule has 0 saturated carbocycles. The Balaban J connectivity index is 2.06. The minimum atomic E-state index is -2.48. The van der Waals surface area contributed by atoms with Crippen LogP contribution in [0.3, 0.4) is 0 Å². The summed E-state index contributed by atoms with van der Waals surface area (Å²) < 4.78 is 33.3. The van der Waals surface area contributed by atoms with Crippen LogP contribution >= 0.6 is 0 Å². The summed E-state index contributed by atoms with van der Waals surface area (Å²) in [5, 5.41) is 2.79. The average Bonchev–Trinajstić information content (AvgIpc) is 2.59. The van der Waals surface area contributed by atoms with Gasteiger partial charge in [-0.05, 0) is 13.3 Å². The van der Waals surface area contributed by atoms with E-state index in [4.69, 9.17) is 4.74 Å². The first kappa shape index (κ1) is 13.3. The van der Waals surface area contributed by atoms with Gasteiger partial charge in [0, 0.05) is 13.0 Å². The third-order valence-corrected chi connectivity index (χ3v) is 2.44. The van der Waals surface area contributed by atoms with E-state index in [1.807, 2.05) is 6.92 Å². The molecule has 6 heteroatoms. The number of carbonyl (C=O) groups is 1. The Bertz CT molecular complexity index is 226. The Morgan fingerprint density at radius 2 is 2.38 bits per heavy atom. The zero-order chi connectivity index (χ0) is 12.0. The van der Waals surface area contributed by atoms with Crippen LogP contribution in [-0.2, 0) is 14.3 Å². The second-order valence-electron chi connectivity index (χ2n) is 3.75. The highest BCUT2D eigenvalue weighted by Crippen LogP contribution is 2.12. The van der Waals surface area contributed by atoms with Crippen molar-refractivity contribution in [3.63, 3.8) is 0 Å². The lowest BCUT2D eigenvalue weighted by Gasteiger charge is -2.15. The van der Waals surface area contributed by atoms with E-state index in [2.05, 4.69) is 10.1 Å². The van der Waals surface area contributed by atoms with Gasteiger partial charge in [0.2, 0.25) is 5.91 Å². The minimum absolute atomic E-state index is 0.0194. The van der Waals surface area contributed by atoms with Crippen molar-refractivity contribution in [1.29, 1.82) is 0 Å². The summed E-state index contributed by atoms with van der Waals surface area (Å²) in [6.07, 6.45) is -1.56. The van der Waals surface area contributed by atoms with Gasteiger partial charge in [0.25, 0.3) is 6.43 Å². The topological polar surface area (TPSA) is 47.6 Å². The van der Waals surface area contributed by atoms with Crippen molar-refractivity contribution in [2.24, 2.45) is 0 Å². The highest BCUT2D eigenvalue weighted by molar-refractivity contribution is 5.76. The van der Waals surface area contributed by atoms with Crippen LogP contribution in [0.2, 0.25) is 0 Å². The predicted octanol–water partition coefficient (Wildman–Crippen LogP) is 0.952. The number of amides is 1. The van der Waals surface area contributed by atoms with Gasteiger partial charge >= 0.3 is 0 Å². The maximum atomic E-state index is 11.7. The highest BCUT2D eigenvalue weighted by Gasteiger charge is 2.25. The van der Waals surface area contributed by atoms with Gasteiger partial charge in [0.05, 0.1) is 18.8 Å². The smallest absolute Gasteiger partial charge is 0.261 e. The van der Waals surface area contributed by atoms with Crippen LogP contribution in [-0.4, -0.2) is 44.3 Å². The van der Waals surface area contributed by atoms with Crippen molar-refractivity contribution in [2.75, 3.05) is 19.8 Å². The summed E-state index contributed by atoms with van der Waals surface area (Å²) in [6.45, 7) is 1.95. The third kappa shape index (κ3) is 4.85. The van der Waals surface area contributed by atoms with Crippen LogP contribution in [0.4, 0.5) is 8.78 Å². The Morgan fingerprint density at radius 3 is 2.94 bits per heavy atom. The van der Waals surface area contributed by atoms with E-state index in [1.165, 1.54) is 0 Å². The summed E-state index contributed by atoms with van der Waals surface area (Å²) in [5.41, 5.74) is 0. The maximum Gasteiger partial charge on any atom is 0.261 e. The van der Waals surface area contributed by atoms with Gasteiger partial charge in [-0.2, -0.15) is 0 Å². The summed E-state index contributed by atoms with van der Waals surface area (Å²) in [4.78, 5) is 11.4. The molecule has 1 rings (SSSR count). The second kappa shape index (κ2) is 6.75. The van der Waals surface area contributed by atoms with Gasteiger partial charge in [-0.1, -0.05) is 0 Å². The Morgan fingerprint density at radius 1 is 1.62 bits per heavy atom. The van der Waals surface area contributed by atoms with Gasteiger partial charge in [0.15, 0.2) is 0 Å². The molecule has 0 bridgehead atoms. The van der Waals surface area contributed by atoms with Gasteiger partial charge in [-0.3, -0.25) is 4.79 Å². The fourth-order valence-corrected chi connectivity index (χ4v) is 1.54. The van der Waals surface area contributed by atoms with E-state index >= 15 is 0 Å². The van der Waals surface area contributed by atoms with Crippen molar-refractivity contribution >= 4 is 5.91 Å². The van der Waals surface area contributed by atoms with E-state index in [0.717, 1.165) is 6.42 Å².